The van der Waals surface area contributed by atoms with Crippen LogP contribution >= 0.6 is 0 Å². The third kappa shape index (κ3) is 1.26. The van der Waals surface area contributed by atoms with Gasteiger partial charge in [0.2, 0.25) is 5.78 Å². The van der Waals surface area contributed by atoms with Crippen LogP contribution in [0.2, 0.25) is 0 Å². The van der Waals surface area contributed by atoms with Gasteiger partial charge >= 0.3 is 5.97 Å². The summed E-state index contributed by atoms with van der Waals surface area (Å²) in [7, 11) is 1.30. The smallest absolute Gasteiger partial charge is 0.358 e. The van der Waals surface area contributed by atoms with E-state index in [9.17, 15) is 4.79 Å². The Hall–Kier alpha value is -2.11. The number of nitrogen functional groups attached to an aromatic ring is 1. The fourth-order valence-electron chi connectivity index (χ4n) is 1.10. The molecule has 6 nitrogen and oxygen atoms in total. The second-order valence-corrected chi connectivity index (χ2v) is 2.71. The average molecular weight is 192 g/mol. The largest absolute Gasteiger partial charge is 0.464 e. The molecule has 0 atom stereocenters. The number of nitrogens with two attached hydrogens (primary N) is 1. The highest BCUT2D eigenvalue weighted by atomic mass is 16.5. The number of nitrogens with zero attached hydrogens (tertiary/aromatic N) is 3. The third-order valence-corrected chi connectivity index (χ3v) is 1.72. The molecule has 0 fully saturated rings. The standard InChI is InChI=1S/C8H8N4O2/c1-14-7(13)6-4-12-3-5(9)2-10-8(12)11-6/h2-4H,9H2,1H3. The fourth-order valence-corrected chi connectivity index (χ4v) is 1.10. The van der Waals surface area contributed by atoms with E-state index in [1.165, 1.54) is 19.5 Å². The van der Waals surface area contributed by atoms with Crippen molar-refractivity contribution in [2.45, 2.75) is 0 Å². The first-order valence-electron chi connectivity index (χ1n) is 3.89. The van der Waals surface area contributed by atoms with Crippen molar-refractivity contribution in [1.82, 2.24) is 14.4 Å². The molecule has 2 heterocycles. The maximum absolute atomic E-state index is 11.1. The molecule has 0 aromatic carbocycles. The van der Waals surface area contributed by atoms with Crippen molar-refractivity contribution in [3.8, 4) is 0 Å². The number of hydrogen-bond donors (Lipinski definition) is 1. The van der Waals surface area contributed by atoms with Gasteiger partial charge in [0.05, 0.1) is 19.0 Å². The van der Waals surface area contributed by atoms with Crippen LogP contribution in [0.25, 0.3) is 5.78 Å². The zero-order valence-electron chi connectivity index (χ0n) is 7.47. The summed E-state index contributed by atoms with van der Waals surface area (Å²) in [5.74, 6) is -0.0753. The number of hydrogen-bond acceptors (Lipinski definition) is 5. The van der Waals surface area contributed by atoms with E-state index in [0.29, 0.717) is 11.5 Å². The van der Waals surface area contributed by atoms with Crippen LogP contribution in [-0.2, 0) is 4.74 Å². The van der Waals surface area contributed by atoms with Gasteiger partial charge in [-0.1, -0.05) is 0 Å². The molecule has 72 valence electrons. The number of fused-ring (bicyclic) bond motifs is 1. The Morgan fingerprint density at radius 3 is 3.07 bits per heavy atom. The lowest BCUT2D eigenvalue weighted by Crippen LogP contribution is -2.00. The van der Waals surface area contributed by atoms with Gasteiger partial charge < -0.3 is 10.5 Å². The number of methoxy groups -OCH3 is 1. The van der Waals surface area contributed by atoms with Crippen molar-refractivity contribution >= 4 is 17.4 Å². The summed E-state index contributed by atoms with van der Waals surface area (Å²) in [4.78, 5) is 19.0. The van der Waals surface area contributed by atoms with Gasteiger partial charge in [-0.2, -0.15) is 0 Å². The van der Waals surface area contributed by atoms with Gasteiger partial charge in [0, 0.05) is 12.4 Å². The molecule has 0 aliphatic rings. The van der Waals surface area contributed by atoms with Crippen LogP contribution < -0.4 is 5.73 Å². The SMILES string of the molecule is COC(=O)c1cn2cc(N)cnc2n1. The quantitative estimate of drug-likeness (QED) is 0.648. The zero-order valence-corrected chi connectivity index (χ0v) is 7.47. The summed E-state index contributed by atoms with van der Waals surface area (Å²) in [5, 5.41) is 0. The first kappa shape index (κ1) is 8.49. The summed E-state index contributed by atoms with van der Waals surface area (Å²) >= 11 is 0. The van der Waals surface area contributed by atoms with Crippen LogP contribution in [0, 0.1) is 0 Å². The summed E-state index contributed by atoms with van der Waals surface area (Å²) in [5.41, 5.74) is 6.23. The van der Waals surface area contributed by atoms with Gasteiger partial charge in [-0.25, -0.2) is 14.8 Å². The Kier molecular flexibility index (Phi) is 1.81. The van der Waals surface area contributed by atoms with Crippen LogP contribution in [0.3, 0.4) is 0 Å². The van der Waals surface area contributed by atoms with Crippen molar-refractivity contribution < 1.29 is 9.53 Å². The monoisotopic (exact) mass is 192 g/mol. The van der Waals surface area contributed by atoms with E-state index >= 15 is 0 Å². The highest BCUT2D eigenvalue weighted by molar-refractivity contribution is 5.87. The Balaban J connectivity index is 2.56. The molecule has 0 aliphatic heterocycles. The number of rotatable bonds is 1. The lowest BCUT2D eigenvalue weighted by Gasteiger charge is -1.92. The van der Waals surface area contributed by atoms with Crippen molar-refractivity contribution in [3.05, 3.63) is 24.3 Å². The van der Waals surface area contributed by atoms with E-state index < -0.39 is 5.97 Å². The molecule has 2 N–H and O–H groups in total. The molecule has 0 unspecified atom stereocenters. The Morgan fingerprint density at radius 1 is 1.57 bits per heavy atom. The number of aromatic nitrogens is 3. The van der Waals surface area contributed by atoms with Gasteiger partial charge in [-0.3, -0.25) is 4.40 Å². The predicted octanol–water partition coefficient (Wildman–Crippen LogP) is 0.0981. The number of imidazole rings is 1. The van der Waals surface area contributed by atoms with E-state index in [2.05, 4.69) is 14.7 Å². The molecule has 0 saturated heterocycles. The highest BCUT2D eigenvalue weighted by Gasteiger charge is 2.10. The molecule has 2 aromatic heterocycles. The van der Waals surface area contributed by atoms with Gasteiger partial charge in [-0.05, 0) is 0 Å². The number of ether oxygens (including phenoxy) is 1. The van der Waals surface area contributed by atoms with Gasteiger partial charge in [-0.15, -0.1) is 0 Å². The molecule has 0 aliphatic carbocycles. The summed E-state index contributed by atoms with van der Waals surface area (Å²) in [6, 6.07) is 0. The van der Waals surface area contributed by atoms with Crippen LogP contribution in [0.15, 0.2) is 18.6 Å². The highest BCUT2D eigenvalue weighted by Crippen LogP contribution is 2.06. The van der Waals surface area contributed by atoms with Crippen molar-refractivity contribution in [2.24, 2.45) is 0 Å². The van der Waals surface area contributed by atoms with Crippen molar-refractivity contribution in [3.63, 3.8) is 0 Å². The third-order valence-electron chi connectivity index (χ3n) is 1.72. The van der Waals surface area contributed by atoms with Gasteiger partial charge in [0.15, 0.2) is 5.69 Å². The van der Waals surface area contributed by atoms with Crippen LogP contribution in [0.1, 0.15) is 10.5 Å². The maximum Gasteiger partial charge on any atom is 0.358 e. The average Bonchev–Trinajstić information content (AvgIpc) is 2.59. The number of anilines is 1. The topological polar surface area (TPSA) is 82.5 Å². The normalized spacial score (nSPS) is 10.4. The molecule has 6 heteroatoms. The van der Waals surface area contributed by atoms with Crippen molar-refractivity contribution in [2.75, 3.05) is 12.8 Å². The van der Waals surface area contributed by atoms with Crippen molar-refractivity contribution in [1.29, 1.82) is 0 Å². The van der Waals surface area contributed by atoms with Gasteiger partial charge in [0.25, 0.3) is 0 Å². The minimum Gasteiger partial charge on any atom is -0.464 e. The summed E-state index contributed by atoms with van der Waals surface area (Å²) in [6.07, 6.45) is 4.62. The second kappa shape index (κ2) is 2.99. The Bertz CT molecular complexity index is 491. The zero-order chi connectivity index (χ0) is 10.1. The van der Waals surface area contributed by atoms with E-state index in [-0.39, 0.29) is 5.69 Å². The number of carbonyl (C=O) groups excluding carboxylic acids is 1. The van der Waals surface area contributed by atoms with E-state index in [4.69, 9.17) is 5.73 Å². The molecule has 0 spiro atoms. The molecule has 2 rings (SSSR count). The summed E-state index contributed by atoms with van der Waals surface area (Å²) in [6.45, 7) is 0. The molecular weight excluding hydrogens is 184 g/mol. The Labute approximate surface area is 79.3 Å². The molecule has 0 bridgehead atoms. The predicted molar refractivity (Wildman–Crippen MR) is 48.7 cm³/mol. The minimum atomic E-state index is -0.492. The lowest BCUT2D eigenvalue weighted by atomic mass is 10.5. The van der Waals surface area contributed by atoms with Gasteiger partial charge in [0.1, 0.15) is 0 Å². The van der Waals surface area contributed by atoms with Crippen LogP contribution in [-0.4, -0.2) is 27.4 Å². The minimum absolute atomic E-state index is 0.214. The number of esters is 1. The van der Waals surface area contributed by atoms with E-state index in [1.54, 1.807) is 10.6 Å². The molecule has 0 saturated carbocycles. The first-order valence-corrected chi connectivity index (χ1v) is 3.89. The molecule has 0 amide bonds. The Morgan fingerprint density at radius 2 is 2.36 bits per heavy atom. The lowest BCUT2D eigenvalue weighted by molar-refractivity contribution is 0.0595. The van der Waals surface area contributed by atoms with E-state index in [0.717, 1.165) is 0 Å². The molecule has 0 radical (unpaired) electrons. The van der Waals surface area contributed by atoms with Crippen LogP contribution in [0.5, 0.6) is 0 Å². The molecule has 14 heavy (non-hydrogen) atoms. The fraction of sp³-hybridized carbons (Fsp3) is 0.125. The molecular formula is C8H8N4O2. The second-order valence-electron chi connectivity index (χ2n) is 2.71. The molecule has 2 aromatic rings. The number of carbonyl (C=O) groups is 1. The first-order chi connectivity index (χ1) is 6.70. The summed E-state index contributed by atoms with van der Waals surface area (Å²) < 4.78 is 6.09. The van der Waals surface area contributed by atoms with E-state index in [1.807, 2.05) is 0 Å². The van der Waals surface area contributed by atoms with Crippen LogP contribution in [0.4, 0.5) is 5.69 Å². The maximum atomic E-state index is 11.1.